The van der Waals surface area contributed by atoms with Crippen molar-refractivity contribution >= 4 is 17.2 Å². The third kappa shape index (κ3) is 4.88. The minimum Gasteiger partial charge on any atom is -0.349 e. The molecule has 0 saturated heterocycles. The molecule has 1 aromatic carbocycles. The van der Waals surface area contributed by atoms with Gasteiger partial charge in [-0.2, -0.15) is 18.3 Å². The van der Waals surface area contributed by atoms with Crippen molar-refractivity contribution in [1.29, 1.82) is 0 Å². The summed E-state index contributed by atoms with van der Waals surface area (Å²) < 4.78 is 42.6. The average Bonchev–Trinajstić information content (AvgIpc) is 3.52. The van der Waals surface area contributed by atoms with Crippen LogP contribution in [0.3, 0.4) is 0 Å². The maximum absolute atomic E-state index is 13.2. The van der Waals surface area contributed by atoms with Crippen molar-refractivity contribution in [3.05, 3.63) is 71.6 Å². The summed E-state index contributed by atoms with van der Waals surface area (Å²) in [5.74, 6) is -0.215. The zero-order valence-electron chi connectivity index (χ0n) is 17.0. The van der Waals surface area contributed by atoms with E-state index in [-0.39, 0.29) is 17.4 Å². The van der Waals surface area contributed by atoms with Crippen LogP contribution in [-0.4, -0.2) is 37.0 Å². The second-order valence-corrected chi connectivity index (χ2v) is 8.19. The number of carbonyl (C=O) groups excluding carboxylic acids is 1. The molecule has 32 heavy (non-hydrogen) atoms. The lowest BCUT2D eigenvalue weighted by atomic mass is 10.2. The first-order chi connectivity index (χ1) is 15.3. The van der Waals surface area contributed by atoms with E-state index in [1.165, 1.54) is 28.2 Å². The number of rotatable bonds is 7. The highest BCUT2D eigenvalue weighted by atomic mass is 32.1. The van der Waals surface area contributed by atoms with Gasteiger partial charge < -0.3 is 5.32 Å². The second-order valence-electron chi connectivity index (χ2n) is 7.24. The summed E-state index contributed by atoms with van der Waals surface area (Å²) in [5.41, 5.74) is -0.636. The minimum atomic E-state index is -4.50. The molecule has 1 unspecified atom stereocenters. The Morgan fingerprint density at radius 2 is 2.06 bits per heavy atom. The fraction of sp³-hybridized carbons (Fsp3) is 0.238. The molecule has 4 rings (SSSR count). The van der Waals surface area contributed by atoms with Crippen molar-refractivity contribution in [2.75, 3.05) is 6.54 Å². The molecule has 1 atom stereocenters. The van der Waals surface area contributed by atoms with E-state index in [1.807, 2.05) is 24.6 Å². The molecule has 1 amide bonds. The van der Waals surface area contributed by atoms with Crippen molar-refractivity contribution in [1.82, 2.24) is 29.9 Å². The van der Waals surface area contributed by atoms with Crippen LogP contribution in [0.4, 0.5) is 13.2 Å². The molecule has 7 nitrogen and oxygen atoms in total. The number of amides is 1. The molecule has 11 heteroatoms. The molecular formula is C21H19F3N6OS. The van der Waals surface area contributed by atoms with Gasteiger partial charge in [0.2, 0.25) is 5.82 Å². The van der Waals surface area contributed by atoms with E-state index in [0.29, 0.717) is 23.8 Å². The Kier molecular flexibility index (Phi) is 6.08. The van der Waals surface area contributed by atoms with Gasteiger partial charge in [0, 0.05) is 25.5 Å². The van der Waals surface area contributed by atoms with Gasteiger partial charge in [0.1, 0.15) is 0 Å². The van der Waals surface area contributed by atoms with E-state index in [2.05, 4.69) is 20.5 Å². The molecule has 0 aliphatic rings. The number of nitrogens with zero attached hydrogens (tertiary/aromatic N) is 5. The smallest absolute Gasteiger partial charge is 0.349 e. The summed E-state index contributed by atoms with van der Waals surface area (Å²) in [5, 5.41) is 13.0. The average molecular weight is 460 g/mol. The quantitative estimate of drug-likeness (QED) is 0.447. The van der Waals surface area contributed by atoms with Gasteiger partial charge in [-0.1, -0.05) is 19.1 Å². The summed E-state index contributed by atoms with van der Waals surface area (Å²) in [6.45, 7) is 2.96. The van der Waals surface area contributed by atoms with E-state index < -0.39 is 17.6 Å². The Balaban J connectivity index is 1.58. The lowest BCUT2D eigenvalue weighted by Crippen LogP contribution is -2.31. The van der Waals surface area contributed by atoms with Gasteiger partial charge in [-0.3, -0.25) is 9.48 Å². The van der Waals surface area contributed by atoms with E-state index in [1.54, 1.807) is 23.0 Å². The third-order valence-corrected chi connectivity index (χ3v) is 5.50. The Morgan fingerprint density at radius 1 is 1.22 bits per heavy atom. The summed E-state index contributed by atoms with van der Waals surface area (Å²) in [6, 6.07) is 10.2. The van der Waals surface area contributed by atoms with Crippen LogP contribution in [0.15, 0.2) is 60.2 Å². The first-order valence-electron chi connectivity index (χ1n) is 9.75. The first-order valence-corrected chi connectivity index (χ1v) is 10.6. The van der Waals surface area contributed by atoms with Gasteiger partial charge in [0.15, 0.2) is 5.82 Å². The van der Waals surface area contributed by atoms with Crippen molar-refractivity contribution in [3.63, 3.8) is 0 Å². The monoisotopic (exact) mass is 460 g/mol. The van der Waals surface area contributed by atoms with Crippen molar-refractivity contribution < 1.29 is 18.0 Å². The van der Waals surface area contributed by atoms with Crippen LogP contribution in [0.5, 0.6) is 0 Å². The largest absolute Gasteiger partial charge is 0.416 e. The molecule has 0 bridgehead atoms. The number of hydrogen-bond donors (Lipinski definition) is 1. The number of carbonyl (C=O) groups is 1. The number of nitrogens with one attached hydrogen (secondary N) is 1. The molecule has 3 heterocycles. The first kappa shape index (κ1) is 21.8. The van der Waals surface area contributed by atoms with Gasteiger partial charge in [-0.25, -0.2) is 9.67 Å². The molecule has 0 saturated carbocycles. The minimum absolute atomic E-state index is 0.0983. The molecule has 166 valence electrons. The van der Waals surface area contributed by atoms with E-state index in [0.717, 1.165) is 12.1 Å². The second kappa shape index (κ2) is 8.95. The van der Waals surface area contributed by atoms with Crippen LogP contribution >= 0.6 is 11.3 Å². The number of halogens is 3. The number of benzene rings is 1. The Bertz CT molecular complexity index is 1180. The highest BCUT2D eigenvalue weighted by Gasteiger charge is 2.31. The maximum Gasteiger partial charge on any atom is 0.416 e. The molecule has 0 radical (unpaired) electrons. The third-order valence-electron chi connectivity index (χ3n) is 4.64. The molecular weight excluding hydrogens is 441 g/mol. The fourth-order valence-corrected chi connectivity index (χ4v) is 3.80. The molecule has 0 aliphatic carbocycles. The topological polar surface area (TPSA) is 77.6 Å². The van der Waals surface area contributed by atoms with Crippen LogP contribution in [0.1, 0.15) is 23.1 Å². The lowest BCUT2D eigenvalue weighted by molar-refractivity contribution is -0.137. The normalized spacial score (nSPS) is 12.6. The fourth-order valence-electron chi connectivity index (χ4n) is 3.11. The molecule has 4 aromatic rings. The van der Waals surface area contributed by atoms with E-state index in [9.17, 15) is 18.0 Å². The lowest BCUT2D eigenvalue weighted by Gasteiger charge is -2.11. The van der Waals surface area contributed by atoms with Crippen LogP contribution in [0, 0.1) is 5.92 Å². The van der Waals surface area contributed by atoms with Gasteiger partial charge >= 0.3 is 6.18 Å². The summed E-state index contributed by atoms with van der Waals surface area (Å²) in [6.07, 6.45) is -0.976. The standard InChI is InChI=1S/C21H19F3N6OS/c1-14(13-29-9-4-8-26-29)12-25-20(31)18-27-19(17-7-3-10-32-17)30(28-18)16-6-2-5-15(11-16)21(22,23)24/h2-11,14H,12-13H2,1H3,(H,25,31). The zero-order valence-corrected chi connectivity index (χ0v) is 17.8. The Labute approximate surface area is 185 Å². The number of thiophene rings is 1. The van der Waals surface area contributed by atoms with Crippen LogP contribution < -0.4 is 5.32 Å². The highest BCUT2D eigenvalue weighted by molar-refractivity contribution is 7.13. The van der Waals surface area contributed by atoms with Gasteiger partial charge in [-0.15, -0.1) is 16.4 Å². The SMILES string of the molecule is CC(CNC(=O)c1nc(-c2cccs2)n(-c2cccc(C(F)(F)F)c2)n1)Cn1cccn1. The van der Waals surface area contributed by atoms with Crippen LogP contribution in [0.25, 0.3) is 16.4 Å². The zero-order chi connectivity index (χ0) is 22.7. The van der Waals surface area contributed by atoms with Crippen molar-refractivity contribution in [3.8, 4) is 16.4 Å². The number of alkyl halides is 3. The maximum atomic E-state index is 13.2. The summed E-state index contributed by atoms with van der Waals surface area (Å²) in [7, 11) is 0. The molecule has 3 aromatic heterocycles. The Morgan fingerprint density at radius 3 is 2.75 bits per heavy atom. The van der Waals surface area contributed by atoms with E-state index in [4.69, 9.17) is 0 Å². The number of hydrogen-bond acceptors (Lipinski definition) is 5. The predicted octanol–water partition coefficient (Wildman–Crippen LogP) is 4.28. The van der Waals surface area contributed by atoms with Crippen molar-refractivity contribution in [2.24, 2.45) is 5.92 Å². The van der Waals surface area contributed by atoms with E-state index >= 15 is 0 Å². The molecule has 0 spiro atoms. The van der Waals surface area contributed by atoms with Gasteiger partial charge in [0.05, 0.1) is 16.1 Å². The number of aromatic nitrogens is 5. The van der Waals surface area contributed by atoms with Gasteiger partial charge in [-0.05, 0) is 41.6 Å². The molecule has 0 aliphatic heterocycles. The van der Waals surface area contributed by atoms with Crippen LogP contribution in [-0.2, 0) is 12.7 Å². The summed E-state index contributed by atoms with van der Waals surface area (Å²) >= 11 is 1.35. The van der Waals surface area contributed by atoms with Crippen molar-refractivity contribution in [2.45, 2.75) is 19.6 Å². The predicted molar refractivity (Wildman–Crippen MR) is 113 cm³/mol. The summed E-state index contributed by atoms with van der Waals surface area (Å²) in [4.78, 5) is 17.7. The highest BCUT2D eigenvalue weighted by Crippen LogP contribution is 2.32. The molecule has 0 fully saturated rings. The Hall–Kier alpha value is -3.47. The van der Waals surface area contributed by atoms with Gasteiger partial charge in [0.25, 0.3) is 5.91 Å². The van der Waals surface area contributed by atoms with Crippen LogP contribution in [0.2, 0.25) is 0 Å². The molecule has 1 N–H and O–H groups in total.